The summed E-state index contributed by atoms with van der Waals surface area (Å²) in [5.41, 5.74) is 10.1. The molecule has 1 atom stereocenters. The van der Waals surface area contributed by atoms with Crippen LogP contribution in [-0.4, -0.2) is 34.2 Å². The number of hydrazine groups is 1. The van der Waals surface area contributed by atoms with Crippen LogP contribution in [0.3, 0.4) is 0 Å². The summed E-state index contributed by atoms with van der Waals surface area (Å²) in [7, 11) is 0. The van der Waals surface area contributed by atoms with Crippen LogP contribution >= 0.6 is 23.2 Å². The lowest BCUT2D eigenvalue weighted by atomic mass is 10.0. The largest absolute Gasteiger partial charge is 0.399 e. The number of hydrogen-bond acceptors (Lipinski definition) is 8. The summed E-state index contributed by atoms with van der Waals surface area (Å²) in [6.45, 7) is 1.11. The van der Waals surface area contributed by atoms with E-state index >= 15 is 0 Å². The second-order valence-electron chi connectivity index (χ2n) is 8.60. The van der Waals surface area contributed by atoms with Crippen molar-refractivity contribution >= 4 is 51.3 Å². The molecule has 0 spiro atoms. The van der Waals surface area contributed by atoms with Gasteiger partial charge < -0.3 is 26.1 Å². The fourth-order valence-electron chi connectivity index (χ4n) is 3.89. The van der Waals surface area contributed by atoms with Crippen molar-refractivity contribution in [3.05, 3.63) is 100 Å². The molecule has 5 rings (SSSR count). The van der Waals surface area contributed by atoms with Crippen molar-refractivity contribution in [1.82, 2.24) is 15.0 Å². The molecule has 190 valence electrons. The Hall–Kier alpha value is -3.63. The lowest BCUT2D eigenvalue weighted by molar-refractivity contribution is -0.0494. The summed E-state index contributed by atoms with van der Waals surface area (Å²) in [6.07, 6.45) is 3.18. The summed E-state index contributed by atoms with van der Waals surface area (Å²) in [5.74, 6) is 6.24. The number of hydrogen-bond donors (Lipinski definition) is 4. The van der Waals surface area contributed by atoms with Gasteiger partial charge in [0.25, 0.3) is 0 Å². The SMILES string of the molecule is N/C(=C\N(N)C1COC1)C(Nc1ccc2ncnc(Nc3ccc(F)c(Cl)c3)c2c1)c1ccc(Cl)cc1. The number of nitrogens with zero attached hydrogens (tertiary/aromatic N) is 3. The lowest BCUT2D eigenvalue weighted by Crippen LogP contribution is -2.50. The van der Waals surface area contributed by atoms with Crippen molar-refractivity contribution in [2.75, 3.05) is 23.8 Å². The molecule has 4 aromatic rings. The molecule has 0 saturated carbocycles. The highest BCUT2D eigenvalue weighted by molar-refractivity contribution is 6.31. The molecule has 1 aliphatic heterocycles. The Morgan fingerprint density at radius 1 is 1.05 bits per heavy atom. The van der Waals surface area contributed by atoms with E-state index in [9.17, 15) is 4.39 Å². The molecule has 1 aliphatic rings. The van der Waals surface area contributed by atoms with Crippen LogP contribution in [0.5, 0.6) is 0 Å². The molecule has 8 nitrogen and oxygen atoms in total. The third-order valence-electron chi connectivity index (χ3n) is 6.01. The van der Waals surface area contributed by atoms with Crippen molar-refractivity contribution in [3.8, 4) is 0 Å². The van der Waals surface area contributed by atoms with Crippen LogP contribution in [0.25, 0.3) is 10.9 Å². The Morgan fingerprint density at radius 2 is 1.81 bits per heavy atom. The van der Waals surface area contributed by atoms with Crippen molar-refractivity contribution in [3.63, 3.8) is 0 Å². The molecule has 0 radical (unpaired) electrons. The van der Waals surface area contributed by atoms with Gasteiger partial charge in [-0.2, -0.15) is 0 Å². The summed E-state index contributed by atoms with van der Waals surface area (Å²) in [5, 5.41) is 9.64. The molecule has 1 fully saturated rings. The van der Waals surface area contributed by atoms with Gasteiger partial charge in [0, 0.05) is 28.0 Å². The van der Waals surface area contributed by atoms with Crippen LogP contribution in [-0.2, 0) is 4.74 Å². The fraction of sp³-hybridized carbons (Fsp3) is 0.154. The van der Waals surface area contributed by atoms with Gasteiger partial charge in [0.1, 0.15) is 18.0 Å². The zero-order chi connectivity index (χ0) is 25.9. The molecule has 3 aromatic carbocycles. The molecule has 37 heavy (non-hydrogen) atoms. The highest BCUT2D eigenvalue weighted by Gasteiger charge is 2.24. The second-order valence-corrected chi connectivity index (χ2v) is 9.45. The van der Waals surface area contributed by atoms with Gasteiger partial charge in [-0.3, -0.25) is 0 Å². The minimum Gasteiger partial charge on any atom is -0.399 e. The minimum atomic E-state index is -0.494. The zero-order valence-electron chi connectivity index (χ0n) is 19.5. The summed E-state index contributed by atoms with van der Waals surface area (Å²) < 4.78 is 18.8. The first-order valence-corrected chi connectivity index (χ1v) is 12.2. The van der Waals surface area contributed by atoms with Crippen LogP contribution in [0.15, 0.2) is 78.9 Å². The highest BCUT2D eigenvalue weighted by Crippen LogP contribution is 2.31. The van der Waals surface area contributed by atoms with Gasteiger partial charge in [0.05, 0.1) is 41.5 Å². The maximum Gasteiger partial charge on any atom is 0.141 e. The van der Waals surface area contributed by atoms with E-state index in [1.54, 1.807) is 17.3 Å². The topological polar surface area (TPSA) is 114 Å². The normalized spacial score (nSPS) is 14.8. The van der Waals surface area contributed by atoms with Crippen LogP contribution in [0.1, 0.15) is 11.6 Å². The first kappa shape index (κ1) is 25.0. The van der Waals surface area contributed by atoms with Gasteiger partial charge >= 0.3 is 0 Å². The van der Waals surface area contributed by atoms with Crippen molar-refractivity contribution in [2.24, 2.45) is 11.6 Å². The quantitative estimate of drug-likeness (QED) is 0.175. The van der Waals surface area contributed by atoms with E-state index in [2.05, 4.69) is 20.6 Å². The fourth-order valence-corrected chi connectivity index (χ4v) is 4.19. The molecule has 0 bridgehead atoms. The van der Waals surface area contributed by atoms with E-state index in [0.717, 1.165) is 22.2 Å². The van der Waals surface area contributed by atoms with Crippen LogP contribution in [0, 0.1) is 5.82 Å². The standard InChI is InChI=1S/C26H24Cl2FN7O/c27-16-3-1-15(2-4-16)25(23(30)11-36(31)19-12-37-13-19)34-17-6-8-24-20(9-17)26(33-14-32-24)35-18-5-7-22(29)21(28)10-18/h1-11,14,19,25,34H,12-13,30-31H2,(H,32,33,35)/b23-11-. The molecule has 1 saturated heterocycles. The minimum absolute atomic E-state index is 0.0150. The second kappa shape index (κ2) is 10.8. The number of aromatic nitrogens is 2. The number of fused-ring (bicyclic) bond motifs is 1. The predicted molar refractivity (Wildman–Crippen MR) is 145 cm³/mol. The molecular weight excluding hydrogens is 516 g/mol. The van der Waals surface area contributed by atoms with Gasteiger partial charge in [-0.05, 0) is 54.1 Å². The maximum absolute atomic E-state index is 13.6. The first-order valence-electron chi connectivity index (χ1n) is 11.4. The summed E-state index contributed by atoms with van der Waals surface area (Å²) in [6, 6.07) is 17.2. The molecule has 0 aliphatic carbocycles. The van der Waals surface area contributed by atoms with Crippen molar-refractivity contribution in [2.45, 2.75) is 12.1 Å². The summed E-state index contributed by atoms with van der Waals surface area (Å²) in [4.78, 5) is 8.74. The highest BCUT2D eigenvalue weighted by atomic mass is 35.5. The Kier molecular flexibility index (Phi) is 7.29. The average molecular weight is 540 g/mol. The van der Waals surface area contributed by atoms with E-state index in [4.69, 9.17) is 39.5 Å². The molecule has 1 aromatic heterocycles. The van der Waals surface area contributed by atoms with Crippen molar-refractivity contribution < 1.29 is 9.13 Å². The van der Waals surface area contributed by atoms with Gasteiger partial charge in [-0.15, -0.1) is 0 Å². The van der Waals surface area contributed by atoms with Gasteiger partial charge in [0.2, 0.25) is 0 Å². The molecule has 1 unspecified atom stereocenters. The maximum atomic E-state index is 13.6. The molecule has 6 N–H and O–H groups in total. The Balaban J connectivity index is 1.47. The Bertz CT molecular complexity index is 1450. The molecule has 0 amide bonds. The Labute approximate surface area is 223 Å². The molecule has 2 heterocycles. The monoisotopic (exact) mass is 539 g/mol. The van der Waals surface area contributed by atoms with E-state index in [-0.39, 0.29) is 11.1 Å². The van der Waals surface area contributed by atoms with Gasteiger partial charge in [-0.1, -0.05) is 35.3 Å². The zero-order valence-corrected chi connectivity index (χ0v) is 21.0. The number of nitrogens with one attached hydrogen (secondary N) is 2. The lowest BCUT2D eigenvalue weighted by Gasteiger charge is -2.34. The molecule has 11 heteroatoms. The van der Waals surface area contributed by atoms with E-state index in [0.29, 0.717) is 35.4 Å². The van der Waals surface area contributed by atoms with Crippen LogP contribution in [0.2, 0.25) is 10.0 Å². The van der Waals surface area contributed by atoms with E-state index in [1.807, 2.05) is 42.5 Å². The number of nitrogens with two attached hydrogens (primary N) is 2. The van der Waals surface area contributed by atoms with Crippen LogP contribution < -0.4 is 22.2 Å². The van der Waals surface area contributed by atoms with E-state index in [1.165, 1.54) is 18.5 Å². The van der Waals surface area contributed by atoms with Crippen molar-refractivity contribution in [1.29, 1.82) is 0 Å². The average Bonchev–Trinajstić information content (AvgIpc) is 2.84. The third kappa shape index (κ3) is 5.70. The van der Waals surface area contributed by atoms with Gasteiger partial charge in [-0.25, -0.2) is 20.2 Å². The first-order chi connectivity index (χ1) is 17.9. The molecular formula is C26H24Cl2FN7O. The smallest absolute Gasteiger partial charge is 0.141 e. The number of anilines is 3. The third-order valence-corrected chi connectivity index (χ3v) is 6.55. The number of rotatable bonds is 8. The summed E-state index contributed by atoms with van der Waals surface area (Å²) >= 11 is 12.1. The number of benzene rings is 3. The van der Waals surface area contributed by atoms with Crippen LogP contribution in [0.4, 0.5) is 21.6 Å². The van der Waals surface area contributed by atoms with E-state index < -0.39 is 11.9 Å². The predicted octanol–water partition coefficient (Wildman–Crippen LogP) is 5.35. The number of halogens is 3. The number of ether oxygens (including phenoxy) is 1. The Morgan fingerprint density at radius 3 is 2.51 bits per heavy atom. The van der Waals surface area contributed by atoms with Gasteiger partial charge in [0.15, 0.2) is 0 Å².